The summed E-state index contributed by atoms with van der Waals surface area (Å²) in [5, 5.41) is 0. The van der Waals surface area contributed by atoms with Gasteiger partial charge < -0.3 is 14.2 Å². The Morgan fingerprint density at radius 2 is 1.79 bits per heavy atom. The Morgan fingerprint density at radius 3 is 2.58 bits per heavy atom. The van der Waals surface area contributed by atoms with Crippen LogP contribution in [0.4, 0.5) is 0 Å². The molecule has 1 saturated carbocycles. The number of hydrogen-bond donors (Lipinski definition) is 0. The first-order valence-electron chi connectivity index (χ1n) is 7.39. The second-order valence-corrected chi connectivity index (χ2v) is 5.42. The molecular formula is C16H22O3. The summed E-state index contributed by atoms with van der Waals surface area (Å²) < 4.78 is 17.6. The molecule has 0 aromatic heterocycles. The van der Waals surface area contributed by atoms with Gasteiger partial charge in [-0.05, 0) is 44.2 Å². The van der Waals surface area contributed by atoms with Gasteiger partial charge in [-0.25, -0.2) is 0 Å². The summed E-state index contributed by atoms with van der Waals surface area (Å²) in [6.45, 7) is 0.849. The molecule has 1 heterocycles. The Balaban J connectivity index is 1.44. The molecule has 19 heavy (non-hydrogen) atoms. The molecule has 3 unspecified atom stereocenters. The van der Waals surface area contributed by atoms with Crippen molar-refractivity contribution in [2.75, 3.05) is 6.61 Å². The van der Waals surface area contributed by atoms with Crippen molar-refractivity contribution >= 4 is 0 Å². The predicted octanol–water partition coefficient (Wildman–Crippen LogP) is 3.53. The maximum Gasteiger partial charge on any atom is 0.157 e. The van der Waals surface area contributed by atoms with Crippen molar-refractivity contribution in [3.63, 3.8) is 0 Å². The molecule has 104 valence electrons. The lowest BCUT2D eigenvalue weighted by Gasteiger charge is -2.25. The van der Waals surface area contributed by atoms with E-state index in [1.165, 1.54) is 12.8 Å². The van der Waals surface area contributed by atoms with Crippen molar-refractivity contribution in [2.24, 2.45) is 0 Å². The Kier molecular flexibility index (Phi) is 4.36. The van der Waals surface area contributed by atoms with Crippen LogP contribution in [0.3, 0.4) is 0 Å². The maximum atomic E-state index is 6.02. The van der Waals surface area contributed by atoms with Gasteiger partial charge in [-0.1, -0.05) is 18.2 Å². The first kappa shape index (κ1) is 12.9. The van der Waals surface area contributed by atoms with E-state index >= 15 is 0 Å². The van der Waals surface area contributed by atoms with E-state index in [1.54, 1.807) is 0 Å². The summed E-state index contributed by atoms with van der Waals surface area (Å²) in [5.74, 6) is 0.960. The van der Waals surface area contributed by atoms with Crippen LogP contribution in [0.25, 0.3) is 0 Å². The number of hydrogen-bond acceptors (Lipinski definition) is 3. The topological polar surface area (TPSA) is 27.7 Å². The summed E-state index contributed by atoms with van der Waals surface area (Å²) in [5.41, 5.74) is 0. The number of para-hydroxylation sites is 1. The van der Waals surface area contributed by atoms with Gasteiger partial charge >= 0.3 is 0 Å². The molecule has 1 aromatic rings. The lowest BCUT2D eigenvalue weighted by molar-refractivity contribution is -0.187. The molecule has 1 aliphatic carbocycles. The molecule has 3 heteroatoms. The molecule has 0 N–H and O–H groups in total. The van der Waals surface area contributed by atoms with Gasteiger partial charge in [-0.2, -0.15) is 0 Å². The third kappa shape index (κ3) is 3.71. The van der Waals surface area contributed by atoms with Gasteiger partial charge in [0.05, 0.1) is 6.10 Å². The van der Waals surface area contributed by atoms with Gasteiger partial charge in [0.25, 0.3) is 0 Å². The molecule has 2 aliphatic rings. The molecule has 2 fully saturated rings. The lowest BCUT2D eigenvalue weighted by Crippen LogP contribution is -2.27. The number of ether oxygens (including phenoxy) is 3. The number of benzene rings is 1. The third-order valence-corrected chi connectivity index (χ3v) is 3.86. The van der Waals surface area contributed by atoms with Gasteiger partial charge in [0.1, 0.15) is 11.9 Å². The van der Waals surface area contributed by atoms with Crippen LogP contribution in [0.5, 0.6) is 5.75 Å². The Morgan fingerprint density at radius 1 is 0.947 bits per heavy atom. The van der Waals surface area contributed by atoms with Crippen molar-refractivity contribution in [1.82, 2.24) is 0 Å². The van der Waals surface area contributed by atoms with Crippen LogP contribution in [0.2, 0.25) is 0 Å². The van der Waals surface area contributed by atoms with Crippen LogP contribution in [-0.2, 0) is 9.47 Å². The Hall–Kier alpha value is -1.06. The highest BCUT2D eigenvalue weighted by Gasteiger charge is 2.29. The average molecular weight is 262 g/mol. The zero-order valence-corrected chi connectivity index (χ0v) is 11.3. The summed E-state index contributed by atoms with van der Waals surface area (Å²) in [6.07, 6.45) is 7.19. The van der Waals surface area contributed by atoms with E-state index in [1.807, 2.05) is 30.3 Å². The van der Waals surface area contributed by atoms with Crippen LogP contribution in [0.1, 0.15) is 38.5 Å². The second kappa shape index (κ2) is 6.40. The van der Waals surface area contributed by atoms with Crippen molar-refractivity contribution in [3.05, 3.63) is 30.3 Å². The first-order valence-corrected chi connectivity index (χ1v) is 7.39. The highest BCUT2D eigenvalue weighted by atomic mass is 16.7. The molecular weight excluding hydrogens is 240 g/mol. The van der Waals surface area contributed by atoms with Crippen molar-refractivity contribution in [2.45, 2.75) is 57.0 Å². The fraction of sp³-hybridized carbons (Fsp3) is 0.625. The molecule has 0 radical (unpaired) electrons. The SMILES string of the molecule is c1ccc(OC2CCC(OC3CCCCO3)C2)cc1. The van der Waals surface area contributed by atoms with Crippen molar-refractivity contribution in [1.29, 1.82) is 0 Å². The zero-order valence-electron chi connectivity index (χ0n) is 11.3. The van der Waals surface area contributed by atoms with E-state index in [4.69, 9.17) is 14.2 Å². The van der Waals surface area contributed by atoms with E-state index in [0.717, 1.165) is 38.0 Å². The van der Waals surface area contributed by atoms with Gasteiger partial charge in [0.2, 0.25) is 0 Å². The molecule has 0 bridgehead atoms. The third-order valence-electron chi connectivity index (χ3n) is 3.86. The highest BCUT2D eigenvalue weighted by Crippen LogP contribution is 2.28. The minimum Gasteiger partial charge on any atom is -0.490 e. The molecule has 3 rings (SSSR count). The van der Waals surface area contributed by atoms with Crippen molar-refractivity contribution < 1.29 is 14.2 Å². The Bertz CT molecular complexity index is 373. The van der Waals surface area contributed by atoms with Crippen LogP contribution < -0.4 is 4.74 Å². The largest absolute Gasteiger partial charge is 0.490 e. The molecule has 0 spiro atoms. The van der Waals surface area contributed by atoms with Gasteiger partial charge in [-0.15, -0.1) is 0 Å². The molecule has 0 amide bonds. The fourth-order valence-electron chi connectivity index (χ4n) is 2.86. The summed E-state index contributed by atoms with van der Waals surface area (Å²) in [6, 6.07) is 10.0. The Labute approximate surface area is 114 Å². The maximum absolute atomic E-state index is 6.02. The highest BCUT2D eigenvalue weighted by molar-refractivity contribution is 5.21. The zero-order chi connectivity index (χ0) is 12.9. The summed E-state index contributed by atoms with van der Waals surface area (Å²) in [7, 11) is 0. The summed E-state index contributed by atoms with van der Waals surface area (Å²) >= 11 is 0. The predicted molar refractivity (Wildman–Crippen MR) is 73.2 cm³/mol. The standard InChI is InChI=1S/C16H22O3/c1-2-6-13(7-3-1)18-14-9-10-15(12-14)19-16-8-4-5-11-17-16/h1-3,6-7,14-16H,4-5,8-12H2. The quantitative estimate of drug-likeness (QED) is 0.830. The summed E-state index contributed by atoms with van der Waals surface area (Å²) in [4.78, 5) is 0. The first-order chi connectivity index (χ1) is 9.40. The smallest absolute Gasteiger partial charge is 0.157 e. The molecule has 1 saturated heterocycles. The van der Waals surface area contributed by atoms with E-state index in [0.29, 0.717) is 6.10 Å². The normalized spacial score (nSPS) is 31.3. The van der Waals surface area contributed by atoms with E-state index < -0.39 is 0 Å². The molecule has 3 atom stereocenters. The number of rotatable bonds is 4. The average Bonchev–Trinajstić information content (AvgIpc) is 2.88. The monoisotopic (exact) mass is 262 g/mol. The van der Waals surface area contributed by atoms with E-state index in [-0.39, 0.29) is 12.4 Å². The van der Waals surface area contributed by atoms with E-state index in [9.17, 15) is 0 Å². The molecule has 1 aliphatic heterocycles. The van der Waals surface area contributed by atoms with Crippen LogP contribution in [0, 0.1) is 0 Å². The van der Waals surface area contributed by atoms with Crippen LogP contribution in [0.15, 0.2) is 30.3 Å². The minimum atomic E-state index is 0.0224. The van der Waals surface area contributed by atoms with Crippen molar-refractivity contribution in [3.8, 4) is 5.75 Å². The molecule has 1 aromatic carbocycles. The lowest BCUT2D eigenvalue weighted by atomic mass is 10.2. The van der Waals surface area contributed by atoms with Gasteiger partial charge in [-0.3, -0.25) is 0 Å². The fourth-order valence-corrected chi connectivity index (χ4v) is 2.86. The molecule has 3 nitrogen and oxygen atoms in total. The van der Waals surface area contributed by atoms with Gasteiger partial charge in [0, 0.05) is 13.0 Å². The second-order valence-electron chi connectivity index (χ2n) is 5.42. The van der Waals surface area contributed by atoms with Crippen LogP contribution >= 0.6 is 0 Å². The van der Waals surface area contributed by atoms with Crippen LogP contribution in [-0.4, -0.2) is 25.1 Å². The van der Waals surface area contributed by atoms with Gasteiger partial charge in [0.15, 0.2) is 6.29 Å². The minimum absolute atomic E-state index is 0.0224. The van der Waals surface area contributed by atoms with E-state index in [2.05, 4.69) is 0 Å².